The number of fused-ring (bicyclic) bond motifs is 1. The molecule has 1 aromatic heterocycles. The number of ether oxygens (including phenoxy) is 2. The van der Waals surface area contributed by atoms with Crippen LogP contribution in [-0.2, 0) is 6.42 Å². The first kappa shape index (κ1) is 17.1. The zero-order valence-corrected chi connectivity index (χ0v) is 15.4. The van der Waals surface area contributed by atoms with Gasteiger partial charge in [0.2, 0.25) is 6.79 Å². The third-order valence-electron chi connectivity index (χ3n) is 4.17. The van der Waals surface area contributed by atoms with Gasteiger partial charge in [-0.25, -0.2) is 4.98 Å². The largest absolute Gasteiger partial charge is 0.454 e. The highest BCUT2D eigenvalue weighted by atomic mass is 32.1. The van der Waals surface area contributed by atoms with E-state index in [4.69, 9.17) is 9.47 Å². The number of nitriles is 1. The quantitative estimate of drug-likeness (QED) is 0.526. The number of thiazole rings is 1. The molecular weight excluding hydrogens is 360 g/mol. The molecule has 0 unspecified atom stereocenters. The maximum atomic E-state index is 9.50. The number of nitrogens with zero attached hydrogens (tertiary/aromatic N) is 3. The molecule has 1 aliphatic rings. The first-order valence-corrected chi connectivity index (χ1v) is 9.34. The van der Waals surface area contributed by atoms with Gasteiger partial charge in [-0.3, -0.25) is 5.43 Å². The molecule has 7 heteroatoms. The average Bonchev–Trinajstić information content (AvgIpc) is 3.38. The van der Waals surface area contributed by atoms with Crippen molar-refractivity contribution in [2.45, 2.75) is 13.3 Å². The van der Waals surface area contributed by atoms with Crippen LogP contribution in [-0.4, -0.2) is 17.5 Å². The summed E-state index contributed by atoms with van der Waals surface area (Å²) in [4.78, 5) is 4.56. The zero-order valence-electron chi connectivity index (χ0n) is 14.6. The number of anilines is 1. The molecule has 0 spiro atoms. The second kappa shape index (κ2) is 7.48. The maximum absolute atomic E-state index is 9.50. The molecule has 1 N–H and O–H groups in total. The molecule has 4 rings (SSSR count). The molecule has 2 heterocycles. The van der Waals surface area contributed by atoms with E-state index in [2.05, 4.69) is 28.5 Å². The fraction of sp³-hybridized carbons (Fsp3) is 0.150. The minimum Gasteiger partial charge on any atom is -0.454 e. The summed E-state index contributed by atoms with van der Waals surface area (Å²) in [6.07, 6.45) is 0.881. The van der Waals surface area contributed by atoms with Crippen molar-refractivity contribution in [2.75, 3.05) is 12.2 Å². The molecule has 27 heavy (non-hydrogen) atoms. The van der Waals surface area contributed by atoms with Crippen LogP contribution in [0.25, 0.3) is 11.3 Å². The third kappa shape index (κ3) is 3.48. The molecule has 1 aliphatic heterocycles. The number of para-hydroxylation sites is 1. The van der Waals surface area contributed by atoms with Gasteiger partial charge in [0.15, 0.2) is 22.2 Å². The van der Waals surface area contributed by atoms with Gasteiger partial charge in [0.25, 0.3) is 0 Å². The summed E-state index contributed by atoms with van der Waals surface area (Å²) in [5.74, 6) is 1.43. The summed E-state index contributed by atoms with van der Waals surface area (Å²) < 4.78 is 10.7. The lowest BCUT2D eigenvalue weighted by Crippen LogP contribution is -2.02. The number of hydrogen-bond donors (Lipinski definition) is 1. The van der Waals surface area contributed by atoms with E-state index >= 15 is 0 Å². The molecule has 6 nitrogen and oxygen atoms in total. The zero-order chi connectivity index (χ0) is 18.6. The minimum atomic E-state index is 0.233. The molecule has 0 bridgehead atoms. The van der Waals surface area contributed by atoms with Crippen molar-refractivity contribution in [3.8, 4) is 28.8 Å². The first-order valence-electron chi connectivity index (χ1n) is 8.46. The number of hydrogen-bond acceptors (Lipinski definition) is 7. The fourth-order valence-corrected chi connectivity index (χ4v) is 3.51. The van der Waals surface area contributed by atoms with E-state index in [0.29, 0.717) is 10.8 Å². The fourth-order valence-electron chi connectivity index (χ4n) is 2.75. The van der Waals surface area contributed by atoms with E-state index in [1.807, 2.05) is 47.8 Å². The van der Waals surface area contributed by atoms with Gasteiger partial charge in [-0.1, -0.05) is 25.1 Å². The third-order valence-corrected chi connectivity index (χ3v) is 5.02. The number of nitrogens with one attached hydrogen (secondary N) is 1. The lowest BCUT2D eigenvalue weighted by molar-refractivity contribution is 0.174. The lowest BCUT2D eigenvalue weighted by atomic mass is 10.1. The van der Waals surface area contributed by atoms with Crippen LogP contribution in [0.5, 0.6) is 11.5 Å². The van der Waals surface area contributed by atoms with Crippen LogP contribution in [0.3, 0.4) is 0 Å². The van der Waals surface area contributed by atoms with E-state index in [0.717, 1.165) is 34.7 Å². The number of hydrazone groups is 1. The Bertz CT molecular complexity index is 1050. The predicted octanol–water partition coefficient (Wildman–Crippen LogP) is 4.44. The summed E-state index contributed by atoms with van der Waals surface area (Å²) >= 11 is 1.38. The molecule has 134 valence electrons. The van der Waals surface area contributed by atoms with Gasteiger partial charge in [-0.15, -0.1) is 11.3 Å². The minimum absolute atomic E-state index is 0.233. The highest BCUT2D eigenvalue weighted by Crippen LogP contribution is 2.36. The van der Waals surface area contributed by atoms with Gasteiger partial charge in [-0.2, -0.15) is 10.4 Å². The van der Waals surface area contributed by atoms with Crippen molar-refractivity contribution in [3.05, 3.63) is 58.4 Å². The van der Waals surface area contributed by atoms with E-state index in [1.54, 1.807) is 0 Å². The Kier molecular flexibility index (Phi) is 4.73. The second-order valence-corrected chi connectivity index (χ2v) is 6.66. The monoisotopic (exact) mass is 376 g/mol. The molecule has 3 aromatic rings. The Balaban J connectivity index is 1.58. The molecule has 0 saturated heterocycles. The number of aryl methyl sites for hydroxylation is 1. The standard InChI is InChI=1S/C20H16N4O2S/c1-2-13-5-3-4-6-15(13)23-24-16(10-21)20-22-17(11-27-20)14-7-8-18-19(9-14)26-12-25-18/h3-9,11,23H,2,12H2,1H3. The van der Waals surface area contributed by atoms with Crippen molar-refractivity contribution in [3.63, 3.8) is 0 Å². The SMILES string of the molecule is CCc1ccccc1NN=C(C#N)c1nc(-c2ccc3c(c2)OCO3)cs1. The van der Waals surface area contributed by atoms with E-state index < -0.39 is 0 Å². The molecule has 0 atom stereocenters. The van der Waals surface area contributed by atoms with Gasteiger partial charge in [0.1, 0.15) is 6.07 Å². The number of rotatable bonds is 5. The maximum Gasteiger partial charge on any atom is 0.231 e. The lowest BCUT2D eigenvalue weighted by Gasteiger charge is -2.06. The topological polar surface area (TPSA) is 79.5 Å². The summed E-state index contributed by atoms with van der Waals surface area (Å²) in [7, 11) is 0. The van der Waals surface area contributed by atoms with Crippen LogP contribution in [0.15, 0.2) is 52.9 Å². The molecule has 0 amide bonds. The van der Waals surface area contributed by atoms with Crippen molar-refractivity contribution in [1.29, 1.82) is 5.26 Å². The van der Waals surface area contributed by atoms with Gasteiger partial charge in [0.05, 0.1) is 11.4 Å². The average molecular weight is 376 g/mol. The normalized spacial score (nSPS) is 12.7. The predicted molar refractivity (Wildman–Crippen MR) is 105 cm³/mol. The Morgan fingerprint density at radius 1 is 1.26 bits per heavy atom. The number of aromatic nitrogens is 1. The van der Waals surface area contributed by atoms with Crippen molar-refractivity contribution >= 4 is 22.7 Å². The molecule has 0 saturated carbocycles. The number of benzene rings is 2. The van der Waals surface area contributed by atoms with Gasteiger partial charge in [0, 0.05) is 10.9 Å². The summed E-state index contributed by atoms with van der Waals surface area (Å²) in [5, 5.41) is 16.2. The summed E-state index contributed by atoms with van der Waals surface area (Å²) in [5.41, 5.74) is 6.94. The van der Waals surface area contributed by atoms with Gasteiger partial charge >= 0.3 is 0 Å². The second-order valence-electron chi connectivity index (χ2n) is 5.80. The van der Waals surface area contributed by atoms with Crippen molar-refractivity contribution in [2.24, 2.45) is 5.10 Å². The molecule has 0 fully saturated rings. The van der Waals surface area contributed by atoms with E-state index in [1.165, 1.54) is 11.3 Å². The molecule has 0 radical (unpaired) electrons. The van der Waals surface area contributed by atoms with Crippen LogP contribution >= 0.6 is 11.3 Å². The van der Waals surface area contributed by atoms with Crippen LogP contribution in [0.4, 0.5) is 5.69 Å². The van der Waals surface area contributed by atoms with Gasteiger partial charge < -0.3 is 9.47 Å². The summed E-state index contributed by atoms with van der Waals surface area (Å²) in [6.45, 7) is 2.31. The first-order chi connectivity index (χ1) is 13.3. The smallest absolute Gasteiger partial charge is 0.231 e. The molecular formula is C20H16N4O2S. The van der Waals surface area contributed by atoms with Crippen LogP contribution in [0.2, 0.25) is 0 Å². The highest BCUT2D eigenvalue weighted by Gasteiger charge is 2.16. The Morgan fingerprint density at radius 2 is 2.11 bits per heavy atom. The van der Waals surface area contributed by atoms with E-state index in [9.17, 15) is 5.26 Å². The Hall–Kier alpha value is -3.37. The van der Waals surface area contributed by atoms with Crippen molar-refractivity contribution < 1.29 is 9.47 Å². The van der Waals surface area contributed by atoms with Crippen LogP contribution in [0, 0.1) is 11.3 Å². The van der Waals surface area contributed by atoms with E-state index in [-0.39, 0.29) is 12.5 Å². The Labute approximate surface area is 160 Å². The Morgan fingerprint density at radius 3 is 2.96 bits per heavy atom. The van der Waals surface area contributed by atoms with Crippen molar-refractivity contribution in [1.82, 2.24) is 4.98 Å². The van der Waals surface area contributed by atoms with Crippen LogP contribution < -0.4 is 14.9 Å². The van der Waals surface area contributed by atoms with Gasteiger partial charge in [-0.05, 0) is 36.2 Å². The molecule has 0 aliphatic carbocycles. The van der Waals surface area contributed by atoms with Crippen LogP contribution in [0.1, 0.15) is 17.5 Å². The molecule has 2 aromatic carbocycles. The highest BCUT2D eigenvalue weighted by molar-refractivity contribution is 7.12. The summed E-state index contributed by atoms with van der Waals surface area (Å²) in [6, 6.07) is 15.7.